The standard InChI is InChI=1S/C47H53N4O10P/c1-32(2)51(33(3)4)62(59-30-14-28-48)61-42-40(60-45(43(42)57-7)49-29-27-41(52)50(46(49)54)44(53)34-15-10-8-11-16-34)31-58-47(35-17-12-9-13-18-35,36-19-23-38(55-5)24-20-36)37-21-25-39(56-6)26-22-37/h8-13,15-27,29,32-33,40,42-43,45H,14,30-31H2,1-7H3/t40-,42-,43-,45-,62?/m1/s1. The van der Waals surface area contributed by atoms with Gasteiger partial charge in [-0.15, -0.1) is 0 Å². The van der Waals surface area contributed by atoms with Crippen LogP contribution in [0.25, 0.3) is 0 Å². The molecular formula is C47H53N4O10P. The van der Waals surface area contributed by atoms with Gasteiger partial charge in [-0.05, 0) is 80.8 Å². The molecule has 1 unspecified atom stereocenters. The molecule has 5 atom stereocenters. The highest BCUT2D eigenvalue weighted by Gasteiger charge is 2.51. The van der Waals surface area contributed by atoms with Crippen LogP contribution < -0.4 is 20.7 Å². The largest absolute Gasteiger partial charge is 0.497 e. The molecule has 1 fully saturated rings. The second-order valence-corrected chi connectivity index (χ2v) is 16.5. The zero-order valence-electron chi connectivity index (χ0n) is 36.0. The van der Waals surface area contributed by atoms with Gasteiger partial charge in [-0.25, -0.2) is 9.46 Å². The maximum absolute atomic E-state index is 14.3. The van der Waals surface area contributed by atoms with Gasteiger partial charge in [-0.2, -0.15) is 9.83 Å². The predicted molar refractivity (Wildman–Crippen MR) is 234 cm³/mol. The number of aromatic nitrogens is 2. The molecule has 0 N–H and O–H groups in total. The number of hydrogen-bond acceptors (Lipinski definition) is 12. The van der Waals surface area contributed by atoms with Crippen LogP contribution in [0, 0.1) is 11.3 Å². The number of methoxy groups -OCH3 is 3. The minimum absolute atomic E-state index is 0.0388. The number of nitrogens with zero attached hydrogens (tertiary/aromatic N) is 4. The summed E-state index contributed by atoms with van der Waals surface area (Å²) in [6.45, 7) is 8.08. The van der Waals surface area contributed by atoms with Crippen molar-refractivity contribution in [3.8, 4) is 17.6 Å². The Morgan fingerprint density at radius 2 is 1.34 bits per heavy atom. The molecule has 1 aromatic heterocycles. The molecule has 1 aliphatic rings. The quantitative estimate of drug-likeness (QED) is 0.0465. The fourth-order valence-corrected chi connectivity index (χ4v) is 9.48. The Balaban J connectivity index is 1.50. The van der Waals surface area contributed by atoms with Crippen molar-refractivity contribution in [3.63, 3.8) is 0 Å². The smallest absolute Gasteiger partial charge is 0.340 e. The van der Waals surface area contributed by atoms with Crippen molar-refractivity contribution < 1.29 is 37.5 Å². The molecule has 2 heterocycles. The van der Waals surface area contributed by atoms with Crippen molar-refractivity contribution in [1.82, 2.24) is 13.8 Å². The molecule has 0 saturated carbocycles. The van der Waals surface area contributed by atoms with Gasteiger partial charge in [0.2, 0.25) is 0 Å². The normalized spacial score (nSPS) is 18.2. The monoisotopic (exact) mass is 864 g/mol. The Kier molecular flexibility index (Phi) is 15.6. The van der Waals surface area contributed by atoms with E-state index in [-0.39, 0.29) is 37.3 Å². The molecule has 6 rings (SSSR count). The molecule has 326 valence electrons. The van der Waals surface area contributed by atoms with Gasteiger partial charge < -0.3 is 32.7 Å². The number of nitriles is 1. The molecule has 0 radical (unpaired) electrons. The summed E-state index contributed by atoms with van der Waals surface area (Å²) in [5, 5.41) is 9.44. The molecule has 1 saturated heterocycles. The molecule has 0 aliphatic carbocycles. The Morgan fingerprint density at radius 1 is 0.790 bits per heavy atom. The highest BCUT2D eigenvalue weighted by atomic mass is 31.2. The molecule has 4 aromatic carbocycles. The minimum Gasteiger partial charge on any atom is -0.497 e. The average Bonchev–Trinajstić information content (AvgIpc) is 3.63. The number of hydrogen-bond donors (Lipinski definition) is 0. The zero-order chi connectivity index (χ0) is 44.4. The van der Waals surface area contributed by atoms with Gasteiger partial charge in [0, 0.05) is 37.0 Å². The molecular weight excluding hydrogens is 812 g/mol. The predicted octanol–water partition coefficient (Wildman–Crippen LogP) is 7.30. The summed E-state index contributed by atoms with van der Waals surface area (Å²) in [6.07, 6.45) is -2.70. The van der Waals surface area contributed by atoms with Gasteiger partial charge in [-0.1, -0.05) is 72.8 Å². The third-order valence-electron chi connectivity index (χ3n) is 10.6. The van der Waals surface area contributed by atoms with Gasteiger partial charge in [-0.3, -0.25) is 14.2 Å². The second-order valence-electron chi connectivity index (χ2n) is 15.0. The van der Waals surface area contributed by atoms with Crippen LogP contribution in [0.4, 0.5) is 0 Å². The van der Waals surface area contributed by atoms with E-state index in [4.69, 9.17) is 32.7 Å². The third kappa shape index (κ3) is 9.75. The van der Waals surface area contributed by atoms with E-state index in [9.17, 15) is 19.6 Å². The lowest BCUT2D eigenvalue weighted by Crippen LogP contribution is -2.46. The van der Waals surface area contributed by atoms with Gasteiger partial charge in [0.1, 0.15) is 35.4 Å². The van der Waals surface area contributed by atoms with Crippen LogP contribution in [0.3, 0.4) is 0 Å². The maximum Gasteiger partial charge on any atom is 0.340 e. The molecule has 62 heavy (non-hydrogen) atoms. The van der Waals surface area contributed by atoms with E-state index in [1.54, 1.807) is 32.4 Å². The second kappa shape index (κ2) is 21.1. The van der Waals surface area contributed by atoms with Gasteiger partial charge >= 0.3 is 5.69 Å². The first-order valence-corrected chi connectivity index (χ1v) is 21.5. The van der Waals surface area contributed by atoms with Crippen molar-refractivity contribution >= 4 is 14.4 Å². The lowest BCUT2D eigenvalue weighted by atomic mass is 9.80. The van der Waals surface area contributed by atoms with E-state index in [1.807, 2.05) is 107 Å². The van der Waals surface area contributed by atoms with E-state index in [2.05, 4.69) is 10.7 Å². The van der Waals surface area contributed by atoms with Gasteiger partial charge in [0.15, 0.2) is 6.23 Å². The minimum atomic E-state index is -1.87. The van der Waals surface area contributed by atoms with E-state index >= 15 is 0 Å². The van der Waals surface area contributed by atoms with Crippen molar-refractivity contribution in [2.75, 3.05) is 34.5 Å². The Labute approximate surface area is 363 Å². The molecule has 15 heteroatoms. The average molecular weight is 865 g/mol. The summed E-state index contributed by atoms with van der Waals surface area (Å²) < 4.78 is 48.6. The van der Waals surface area contributed by atoms with Crippen molar-refractivity contribution in [2.45, 2.75) is 76.3 Å². The number of carbonyl (C=O) groups excluding carboxylic acids is 1. The van der Waals surface area contributed by atoms with Crippen LogP contribution in [-0.2, 0) is 28.9 Å². The van der Waals surface area contributed by atoms with Crippen LogP contribution in [0.5, 0.6) is 11.5 Å². The highest BCUT2D eigenvalue weighted by Crippen LogP contribution is 2.51. The van der Waals surface area contributed by atoms with Crippen LogP contribution in [0.2, 0.25) is 0 Å². The summed E-state index contributed by atoms with van der Waals surface area (Å²) >= 11 is 0. The molecule has 0 bridgehead atoms. The summed E-state index contributed by atoms with van der Waals surface area (Å²) in [4.78, 5) is 41.3. The molecule has 0 amide bonds. The number of rotatable bonds is 19. The molecule has 14 nitrogen and oxygen atoms in total. The van der Waals surface area contributed by atoms with Crippen molar-refractivity contribution in [1.29, 1.82) is 5.26 Å². The van der Waals surface area contributed by atoms with E-state index < -0.39 is 55.8 Å². The molecule has 0 spiro atoms. The number of benzene rings is 4. The lowest BCUT2D eigenvalue weighted by molar-refractivity contribution is -0.0959. The third-order valence-corrected chi connectivity index (χ3v) is 12.7. The Morgan fingerprint density at radius 3 is 1.85 bits per heavy atom. The molecule has 5 aromatic rings. The first kappa shape index (κ1) is 46.0. The fourth-order valence-electron chi connectivity index (χ4n) is 7.71. The summed E-state index contributed by atoms with van der Waals surface area (Å²) in [5.74, 6) is 0.525. The topological polar surface area (TPSA) is 153 Å². The van der Waals surface area contributed by atoms with Crippen molar-refractivity contribution in [2.24, 2.45) is 0 Å². The van der Waals surface area contributed by atoms with Gasteiger partial charge in [0.05, 0.1) is 39.9 Å². The van der Waals surface area contributed by atoms with E-state index in [1.165, 1.54) is 30.0 Å². The summed E-state index contributed by atoms with van der Waals surface area (Å²) in [6, 6.07) is 36.3. The first-order valence-electron chi connectivity index (χ1n) is 20.3. The van der Waals surface area contributed by atoms with Gasteiger partial charge in [0.25, 0.3) is 20.0 Å². The number of ether oxygens (including phenoxy) is 5. The van der Waals surface area contributed by atoms with E-state index in [0.29, 0.717) is 16.1 Å². The van der Waals surface area contributed by atoms with E-state index in [0.717, 1.165) is 22.8 Å². The maximum atomic E-state index is 14.3. The Bertz CT molecular complexity index is 2330. The summed E-state index contributed by atoms with van der Waals surface area (Å²) in [7, 11) is 2.81. The highest BCUT2D eigenvalue weighted by molar-refractivity contribution is 7.44. The van der Waals surface area contributed by atoms with Crippen LogP contribution in [0.1, 0.15) is 67.4 Å². The first-order chi connectivity index (χ1) is 30.0. The Hall–Kier alpha value is -5.49. The lowest BCUT2D eigenvalue weighted by Gasteiger charge is -2.39. The van der Waals surface area contributed by atoms with Crippen LogP contribution >= 0.6 is 8.53 Å². The molecule has 1 aliphatic heterocycles. The van der Waals surface area contributed by atoms with Crippen molar-refractivity contribution in [3.05, 3.63) is 165 Å². The summed E-state index contributed by atoms with van der Waals surface area (Å²) in [5.41, 5.74) is -0.458. The number of carbonyl (C=O) groups is 1. The van der Waals surface area contributed by atoms with Crippen LogP contribution in [0.15, 0.2) is 131 Å². The SMILES string of the molecule is COc1ccc(C(OC[C@H]2O[C@@H](n3ccc(=O)n(C(=O)c4ccccc4)c3=O)[C@H](OC)[C@@H]2OP(OCCC#N)N(C(C)C)C(C)C)(c2ccccc2)c2ccc(OC)cc2)cc1. The zero-order valence-corrected chi connectivity index (χ0v) is 36.8. The fraction of sp³-hybridized carbons (Fsp3) is 0.362. The van der Waals surface area contributed by atoms with Crippen LogP contribution in [-0.4, -0.2) is 84.7 Å².